The SMILES string of the molecule is CCOC1(C(N)Cc2c(Cl)c(CC)nn2C)CCCC1. The minimum absolute atomic E-state index is 0.0254. The van der Waals surface area contributed by atoms with E-state index in [2.05, 4.69) is 12.0 Å². The number of nitrogens with zero attached hydrogens (tertiary/aromatic N) is 2. The van der Waals surface area contributed by atoms with E-state index < -0.39 is 0 Å². The van der Waals surface area contributed by atoms with Gasteiger partial charge in [0.2, 0.25) is 0 Å². The first-order valence-corrected chi connectivity index (χ1v) is 8.01. The molecule has 1 aliphatic rings. The van der Waals surface area contributed by atoms with Gasteiger partial charge in [-0.2, -0.15) is 5.10 Å². The zero-order chi connectivity index (χ0) is 14.8. The van der Waals surface area contributed by atoms with E-state index in [1.54, 1.807) is 0 Å². The molecular weight excluding hydrogens is 274 g/mol. The average Bonchev–Trinajstić information content (AvgIpc) is 3.00. The molecule has 0 amide bonds. The third-order valence-corrected chi connectivity index (χ3v) is 4.91. The quantitative estimate of drug-likeness (QED) is 0.879. The zero-order valence-corrected chi connectivity index (χ0v) is 13.5. The first kappa shape index (κ1) is 15.8. The Morgan fingerprint density at radius 3 is 2.55 bits per heavy atom. The van der Waals surface area contributed by atoms with Gasteiger partial charge in [0.05, 0.1) is 22.0 Å². The molecule has 1 unspecified atom stereocenters. The minimum atomic E-state index is -0.172. The lowest BCUT2D eigenvalue weighted by atomic mass is 9.89. The van der Waals surface area contributed by atoms with Crippen molar-refractivity contribution in [2.75, 3.05) is 6.61 Å². The van der Waals surface area contributed by atoms with Crippen molar-refractivity contribution >= 4 is 11.6 Å². The Morgan fingerprint density at radius 2 is 2.05 bits per heavy atom. The maximum absolute atomic E-state index is 6.50. The van der Waals surface area contributed by atoms with Crippen LogP contribution in [0, 0.1) is 0 Å². The summed E-state index contributed by atoms with van der Waals surface area (Å²) < 4.78 is 7.91. The number of aryl methyl sites for hydroxylation is 2. The van der Waals surface area contributed by atoms with Crippen molar-refractivity contribution in [1.82, 2.24) is 9.78 Å². The Kier molecular flexibility index (Phi) is 5.10. The molecule has 114 valence electrons. The summed E-state index contributed by atoms with van der Waals surface area (Å²) in [5.41, 5.74) is 8.31. The van der Waals surface area contributed by atoms with Crippen LogP contribution in [-0.2, 0) is 24.6 Å². The number of nitrogens with two attached hydrogens (primary N) is 1. The molecular formula is C15H26ClN3O. The second-order valence-corrected chi connectivity index (χ2v) is 6.08. The van der Waals surface area contributed by atoms with Gasteiger partial charge in [-0.15, -0.1) is 0 Å². The molecule has 1 aromatic rings. The molecule has 20 heavy (non-hydrogen) atoms. The molecule has 5 heteroatoms. The third-order valence-electron chi connectivity index (χ3n) is 4.47. The highest BCUT2D eigenvalue weighted by Gasteiger charge is 2.40. The molecule has 1 atom stereocenters. The van der Waals surface area contributed by atoms with Gasteiger partial charge in [-0.25, -0.2) is 0 Å². The van der Waals surface area contributed by atoms with Gasteiger partial charge >= 0.3 is 0 Å². The lowest BCUT2D eigenvalue weighted by Crippen LogP contribution is -2.49. The van der Waals surface area contributed by atoms with Crippen molar-refractivity contribution in [3.63, 3.8) is 0 Å². The number of hydrogen-bond acceptors (Lipinski definition) is 3. The zero-order valence-electron chi connectivity index (χ0n) is 12.8. The van der Waals surface area contributed by atoms with Crippen molar-refractivity contribution in [2.24, 2.45) is 12.8 Å². The van der Waals surface area contributed by atoms with Crippen LogP contribution in [0.15, 0.2) is 0 Å². The third kappa shape index (κ3) is 2.87. The second kappa shape index (κ2) is 6.46. The molecule has 1 heterocycles. The van der Waals surface area contributed by atoms with Crippen LogP contribution < -0.4 is 5.73 Å². The van der Waals surface area contributed by atoms with E-state index in [1.165, 1.54) is 12.8 Å². The van der Waals surface area contributed by atoms with Crippen LogP contribution in [-0.4, -0.2) is 28.0 Å². The molecule has 1 aromatic heterocycles. The molecule has 0 radical (unpaired) electrons. The summed E-state index contributed by atoms with van der Waals surface area (Å²) in [6.07, 6.45) is 6.08. The Bertz CT molecular complexity index is 452. The van der Waals surface area contributed by atoms with Gasteiger partial charge < -0.3 is 10.5 Å². The van der Waals surface area contributed by atoms with Crippen LogP contribution >= 0.6 is 11.6 Å². The predicted molar refractivity (Wildman–Crippen MR) is 82.1 cm³/mol. The Labute approximate surface area is 126 Å². The van der Waals surface area contributed by atoms with E-state index in [1.807, 2.05) is 18.7 Å². The molecule has 1 aliphatic carbocycles. The number of halogens is 1. The maximum Gasteiger partial charge on any atom is 0.0850 e. The van der Waals surface area contributed by atoms with Crippen molar-refractivity contribution in [3.05, 3.63) is 16.4 Å². The van der Waals surface area contributed by atoms with E-state index in [4.69, 9.17) is 22.1 Å². The van der Waals surface area contributed by atoms with Crippen molar-refractivity contribution in [3.8, 4) is 0 Å². The Balaban J connectivity index is 2.18. The van der Waals surface area contributed by atoms with Gasteiger partial charge in [-0.1, -0.05) is 31.4 Å². The van der Waals surface area contributed by atoms with Crippen LogP contribution in [0.2, 0.25) is 5.02 Å². The van der Waals surface area contributed by atoms with Crippen LogP contribution in [0.25, 0.3) is 0 Å². The Morgan fingerprint density at radius 1 is 1.40 bits per heavy atom. The van der Waals surface area contributed by atoms with E-state index in [0.717, 1.165) is 42.1 Å². The van der Waals surface area contributed by atoms with Gasteiger partial charge in [-0.3, -0.25) is 4.68 Å². The number of hydrogen-bond donors (Lipinski definition) is 1. The summed E-state index contributed by atoms with van der Waals surface area (Å²) in [6, 6.07) is -0.0254. The summed E-state index contributed by atoms with van der Waals surface area (Å²) in [7, 11) is 1.94. The van der Waals surface area contributed by atoms with Gasteiger partial charge in [0.25, 0.3) is 0 Å². The fourth-order valence-corrected chi connectivity index (χ4v) is 3.69. The van der Waals surface area contributed by atoms with E-state index in [9.17, 15) is 0 Å². The number of ether oxygens (including phenoxy) is 1. The predicted octanol–water partition coefficient (Wildman–Crippen LogP) is 2.86. The van der Waals surface area contributed by atoms with Crippen LogP contribution in [0.1, 0.15) is 50.9 Å². The highest BCUT2D eigenvalue weighted by molar-refractivity contribution is 6.31. The molecule has 0 bridgehead atoms. The largest absolute Gasteiger partial charge is 0.374 e. The highest BCUT2D eigenvalue weighted by Crippen LogP contribution is 2.37. The summed E-state index contributed by atoms with van der Waals surface area (Å²) in [6.45, 7) is 4.82. The van der Waals surface area contributed by atoms with Crippen molar-refractivity contribution in [2.45, 2.75) is 64.0 Å². The highest BCUT2D eigenvalue weighted by atomic mass is 35.5. The Hall–Kier alpha value is -0.580. The minimum Gasteiger partial charge on any atom is -0.374 e. The van der Waals surface area contributed by atoms with Crippen molar-refractivity contribution < 1.29 is 4.74 Å². The van der Waals surface area contributed by atoms with E-state index in [-0.39, 0.29) is 11.6 Å². The van der Waals surface area contributed by atoms with Gasteiger partial charge in [0.15, 0.2) is 0 Å². The smallest absolute Gasteiger partial charge is 0.0850 e. The lowest BCUT2D eigenvalue weighted by Gasteiger charge is -2.35. The molecule has 2 N–H and O–H groups in total. The fraction of sp³-hybridized carbons (Fsp3) is 0.800. The first-order valence-electron chi connectivity index (χ1n) is 7.63. The van der Waals surface area contributed by atoms with Gasteiger partial charge in [-0.05, 0) is 26.2 Å². The molecule has 0 aromatic carbocycles. The van der Waals surface area contributed by atoms with Crippen LogP contribution in [0.5, 0.6) is 0 Å². The summed E-state index contributed by atoms with van der Waals surface area (Å²) in [5, 5.41) is 5.24. The lowest BCUT2D eigenvalue weighted by molar-refractivity contribution is -0.0527. The topological polar surface area (TPSA) is 53.1 Å². The fourth-order valence-electron chi connectivity index (χ4n) is 3.32. The number of aromatic nitrogens is 2. The number of rotatable bonds is 6. The van der Waals surface area contributed by atoms with E-state index in [0.29, 0.717) is 6.61 Å². The monoisotopic (exact) mass is 299 g/mol. The second-order valence-electron chi connectivity index (χ2n) is 5.70. The maximum atomic E-state index is 6.50. The first-order chi connectivity index (χ1) is 9.54. The molecule has 1 saturated carbocycles. The average molecular weight is 300 g/mol. The van der Waals surface area contributed by atoms with Gasteiger partial charge in [0, 0.05) is 26.1 Å². The standard InChI is InChI=1S/C15H26ClN3O/c1-4-11-14(16)12(19(3)18-11)10-13(17)15(20-5-2)8-6-7-9-15/h13H,4-10,17H2,1-3H3. The summed E-state index contributed by atoms with van der Waals surface area (Å²) in [4.78, 5) is 0. The van der Waals surface area contributed by atoms with Crippen LogP contribution in [0.3, 0.4) is 0 Å². The molecule has 0 aliphatic heterocycles. The molecule has 1 fully saturated rings. The molecule has 0 saturated heterocycles. The van der Waals surface area contributed by atoms with Crippen LogP contribution in [0.4, 0.5) is 0 Å². The summed E-state index contributed by atoms with van der Waals surface area (Å²) in [5.74, 6) is 0. The molecule has 0 spiro atoms. The van der Waals surface area contributed by atoms with E-state index >= 15 is 0 Å². The van der Waals surface area contributed by atoms with Crippen molar-refractivity contribution in [1.29, 1.82) is 0 Å². The molecule has 2 rings (SSSR count). The van der Waals surface area contributed by atoms with Gasteiger partial charge in [0.1, 0.15) is 0 Å². The summed E-state index contributed by atoms with van der Waals surface area (Å²) >= 11 is 6.42. The molecule has 4 nitrogen and oxygen atoms in total. The normalized spacial score (nSPS) is 19.4.